The average Bonchev–Trinajstić information content (AvgIpc) is 2.59. The summed E-state index contributed by atoms with van der Waals surface area (Å²) in [4.78, 5) is 15.2. The molecule has 0 aliphatic heterocycles. The van der Waals surface area contributed by atoms with Gasteiger partial charge in [0.25, 0.3) is 0 Å². The van der Waals surface area contributed by atoms with Gasteiger partial charge < -0.3 is 9.67 Å². The van der Waals surface area contributed by atoms with Crippen LogP contribution in [0.5, 0.6) is 0 Å². The molecule has 1 N–H and O–H groups in total. The van der Waals surface area contributed by atoms with Crippen molar-refractivity contribution in [2.75, 3.05) is 0 Å². The van der Waals surface area contributed by atoms with Gasteiger partial charge in [-0.2, -0.15) is 0 Å². The van der Waals surface area contributed by atoms with E-state index in [1.54, 1.807) is 0 Å². The smallest absolute Gasteiger partial charge is 0.306 e. The van der Waals surface area contributed by atoms with Gasteiger partial charge in [0.15, 0.2) is 0 Å². The molecule has 82 valence electrons. The minimum Gasteiger partial charge on any atom is -0.481 e. The predicted molar refractivity (Wildman–Crippen MR) is 55.8 cm³/mol. The number of carboxylic acid groups (broad SMARTS) is 1. The highest BCUT2D eigenvalue weighted by Crippen LogP contribution is 2.26. The Balaban J connectivity index is 2.26. The molecule has 0 amide bonds. The number of hydrogen-bond acceptors (Lipinski definition) is 2. The van der Waals surface area contributed by atoms with Gasteiger partial charge in [0.1, 0.15) is 0 Å². The largest absolute Gasteiger partial charge is 0.481 e. The zero-order chi connectivity index (χ0) is 11.0. The third-order valence-corrected chi connectivity index (χ3v) is 3.06. The molecule has 0 bridgehead atoms. The summed E-state index contributed by atoms with van der Waals surface area (Å²) in [7, 11) is 0. The molecule has 0 saturated carbocycles. The summed E-state index contributed by atoms with van der Waals surface area (Å²) in [5.74, 6) is -0.937. The van der Waals surface area contributed by atoms with E-state index >= 15 is 0 Å². The summed E-state index contributed by atoms with van der Waals surface area (Å²) in [6.07, 6.45) is 4.00. The van der Waals surface area contributed by atoms with E-state index in [0.717, 1.165) is 18.5 Å². The molecule has 15 heavy (non-hydrogen) atoms. The van der Waals surface area contributed by atoms with Crippen LogP contribution in [0, 0.1) is 5.92 Å². The van der Waals surface area contributed by atoms with Gasteiger partial charge in [0.05, 0.1) is 17.9 Å². The fourth-order valence-electron chi connectivity index (χ4n) is 2.17. The van der Waals surface area contributed by atoms with Crippen LogP contribution < -0.4 is 0 Å². The molecule has 2 rings (SSSR count). The fraction of sp³-hybridized carbons (Fsp3) is 0.636. The van der Waals surface area contributed by atoms with Crippen LogP contribution >= 0.6 is 0 Å². The van der Waals surface area contributed by atoms with E-state index in [1.165, 1.54) is 5.69 Å². The summed E-state index contributed by atoms with van der Waals surface area (Å²) in [5, 5.41) is 8.95. The van der Waals surface area contributed by atoms with E-state index in [1.807, 2.05) is 6.33 Å². The number of hydrogen-bond donors (Lipinski definition) is 1. The number of carbonyl (C=O) groups is 1. The standard InChI is InChI=1S/C11H16N2O2/c1-7(2)13-6-12-9-5-8(11(14)15)3-4-10(9)13/h6-8H,3-5H2,1-2H3,(H,14,15). The first kappa shape index (κ1) is 10.2. The molecule has 1 aliphatic rings. The Labute approximate surface area is 88.9 Å². The highest BCUT2D eigenvalue weighted by Gasteiger charge is 2.27. The summed E-state index contributed by atoms with van der Waals surface area (Å²) in [6, 6.07) is 0.405. The molecule has 1 unspecified atom stereocenters. The number of imidazole rings is 1. The second kappa shape index (κ2) is 3.68. The zero-order valence-electron chi connectivity index (χ0n) is 9.10. The Morgan fingerprint density at radius 1 is 1.67 bits per heavy atom. The van der Waals surface area contributed by atoms with Gasteiger partial charge in [-0.1, -0.05) is 0 Å². The van der Waals surface area contributed by atoms with Crippen LogP contribution in [0.1, 0.15) is 37.7 Å². The zero-order valence-corrected chi connectivity index (χ0v) is 9.10. The molecule has 1 aromatic heterocycles. The first-order chi connectivity index (χ1) is 7.09. The molecule has 1 atom stereocenters. The van der Waals surface area contributed by atoms with Gasteiger partial charge in [0.2, 0.25) is 0 Å². The van der Waals surface area contributed by atoms with Crippen LogP contribution in [0.4, 0.5) is 0 Å². The molecule has 0 saturated heterocycles. The Kier molecular flexibility index (Phi) is 2.50. The van der Waals surface area contributed by atoms with Crippen molar-refractivity contribution in [2.45, 2.75) is 39.2 Å². The van der Waals surface area contributed by atoms with Crippen molar-refractivity contribution in [2.24, 2.45) is 5.92 Å². The summed E-state index contributed by atoms with van der Waals surface area (Å²) in [5.41, 5.74) is 2.20. The lowest BCUT2D eigenvalue weighted by Gasteiger charge is -2.20. The molecule has 4 nitrogen and oxygen atoms in total. The van der Waals surface area contributed by atoms with Gasteiger partial charge in [-0.25, -0.2) is 4.98 Å². The topological polar surface area (TPSA) is 55.1 Å². The number of aromatic nitrogens is 2. The second-order valence-corrected chi connectivity index (χ2v) is 4.42. The maximum Gasteiger partial charge on any atom is 0.306 e. The lowest BCUT2D eigenvalue weighted by Crippen LogP contribution is -2.23. The minimum absolute atomic E-state index is 0.243. The molecular weight excluding hydrogens is 192 g/mol. The van der Waals surface area contributed by atoms with Crippen molar-refractivity contribution in [3.63, 3.8) is 0 Å². The van der Waals surface area contributed by atoms with Gasteiger partial charge in [-0.15, -0.1) is 0 Å². The average molecular weight is 208 g/mol. The highest BCUT2D eigenvalue weighted by molar-refractivity contribution is 5.70. The Hall–Kier alpha value is -1.32. The second-order valence-electron chi connectivity index (χ2n) is 4.42. The van der Waals surface area contributed by atoms with Crippen molar-refractivity contribution in [3.05, 3.63) is 17.7 Å². The lowest BCUT2D eigenvalue weighted by atomic mass is 9.90. The van der Waals surface area contributed by atoms with Crippen LogP contribution in [0.15, 0.2) is 6.33 Å². The number of carboxylic acids is 1. The fourth-order valence-corrected chi connectivity index (χ4v) is 2.17. The minimum atomic E-state index is -0.695. The van der Waals surface area contributed by atoms with Crippen molar-refractivity contribution in [1.29, 1.82) is 0 Å². The van der Waals surface area contributed by atoms with E-state index < -0.39 is 5.97 Å². The molecule has 0 radical (unpaired) electrons. The molecule has 4 heteroatoms. The third-order valence-electron chi connectivity index (χ3n) is 3.06. The molecule has 1 aliphatic carbocycles. The number of aliphatic carboxylic acids is 1. The highest BCUT2D eigenvalue weighted by atomic mass is 16.4. The van der Waals surface area contributed by atoms with Crippen LogP contribution in [0.25, 0.3) is 0 Å². The summed E-state index contributed by atoms with van der Waals surface area (Å²) >= 11 is 0. The maximum absolute atomic E-state index is 10.9. The van der Waals surface area contributed by atoms with Crippen molar-refractivity contribution in [3.8, 4) is 0 Å². The lowest BCUT2D eigenvalue weighted by molar-refractivity contribution is -0.142. The molecule has 0 spiro atoms. The first-order valence-corrected chi connectivity index (χ1v) is 5.37. The van der Waals surface area contributed by atoms with E-state index in [-0.39, 0.29) is 5.92 Å². The molecule has 0 aromatic carbocycles. The van der Waals surface area contributed by atoms with Crippen LogP contribution in [-0.2, 0) is 17.6 Å². The third kappa shape index (κ3) is 1.76. The number of fused-ring (bicyclic) bond motifs is 1. The Morgan fingerprint density at radius 3 is 3.00 bits per heavy atom. The number of nitrogens with zero attached hydrogens (tertiary/aromatic N) is 2. The quantitative estimate of drug-likeness (QED) is 0.804. The van der Waals surface area contributed by atoms with Crippen LogP contribution in [0.3, 0.4) is 0 Å². The molecular formula is C11H16N2O2. The van der Waals surface area contributed by atoms with E-state index in [2.05, 4.69) is 23.4 Å². The Bertz CT molecular complexity index is 382. The molecule has 1 aromatic rings. The predicted octanol–water partition coefficient (Wildman–Crippen LogP) is 1.65. The monoisotopic (exact) mass is 208 g/mol. The van der Waals surface area contributed by atoms with Crippen molar-refractivity contribution < 1.29 is 9.90 Å². The summed E-state index contributed by atoms with van der Waals surface area (Å²) < 4.78 is 2.15. The Morgan fingerprint density at radius 2 is 2.40 bits per heavy atom. The van der Waals surface area contributed by atoms with Crippen LogP contribution in [-0.4, -0.2) is 20.6 Å². The van der Waals surface area contributed by atoms with E-state index in [0.29, 0.717) is 12.5 Å². The van der Waals surface area contributed by atoms with Gasteiger partial charge in [-0.05, 0) is 26.7 Å². The normalized spacial score (nSPS) is 20.3. The molecule has 0 fully saturated rings. The van der Waals surface area contributed by atoms with Crippen molar-refractivity contribution >= 4 is 5.97 Å². The maximum atomic E-state index is 10.9. The first-order valence-electron chi connectivity index (χ1n) is 5.37. The van der Waals surface area contributed by atoms with Crippen LogP contribution in [0.2, 0.25) is 0 Å². The van der Waals surface area contributed by atoms with Gasteiger partial charge in [0, 0.05) is 18.2 Å². The van der Waals surface area contributed by atoms with Gasteiger partial charge in [-0.3, -0.25) is 4.79 Å². The SMILES string of the molecule is CC(C)n1cnc2c1CCC(C(=O)O)C2. The molecule has 1 heterocycles. The van der Waals surface area contributed by atoms with Crippen molar-refractivity contribution in [1.82, 2.24) is 9.55 Å². The van der Waals surface area contributed by atoms with E-state index in [4.69, 9.17) is 5.11 Å². The van der Waals surface area contributed by atoms with Gasteiger partial charge >= 0.3 is 5.97 Å². The summed E-state index contributed by atoms with van der Waals surface area (Å²) in [6.45, 7) is 4.23. The number of rotatable bonds is 2. The van der Waals surface area contributed by atoms with E-state index in [9.17, 15) is 4.79 Å².